The van der Waals surface area contributed by atoms with Gasteiger partial charge in [-0.15, -0.1) is 0 Å². The number of nitrogens with one attached hydrogen (secondary N) is 1. The van der Waals surface area contributed by atoms with Crippen molar-refractivity contribution in [2.45, 2.75) is 0 Å². The van der Waals surface area contributed by atoms with E-state index in [-0.39, 0.29) is 0 Å². The maximum Gasteiger partial charge on any atom is 0.258 e. The second-order valence-corrected chi connectivity index (χ2v) is 15.1. The van der Waals surface area contributed by atoms with Gasteiger partial charge in [0.1, 0.15) is 0 Å². The van der Waals surface area contributed by atoms with Gasteiger partial charge in [-0.05, 0) is 72.8 Å². The van der Waals surface area contributed by atoms with E-state index in [4.69, 9.17) is 9.05 Å². The van der Waals surface area contributed by atoms with Crippen molar-refractivity contribution in [2.75, 3.05) is 0 Å². The van der Waals surface area contributed by atoms with Crippen LogP contribution in [0.1, 0.15) is 0 Å². The lowest BCUT2D eigenvalue weighted by Gasteiger charge is -2.08. The van der Waals surface area contributed by atoms with Gasteiger partial charge >= 0.3 is 0 Å². The normalized spacial score (nSPS) is 11.0. The van der Waals surface area contributed by atoms with Gasteiger partial charge in [0.15, 0.2) is 0 Å². The van der Waals surface area contributed by atoms with Crippen molar-refractivity contribution in [3.63, 3.8) is 0 Å². The molecule has 4 heterocycles. The molecule has 1 N–H and O–H groups in total. The lowest BCUT2D eigenvalue weighted by atomic mass is 10.2. The fourth-order valence-corrected chi connectivity index (χ4v) is 7.70. The summed E-state index contributed by atoms with van der Waals surface area (Å²) in [5, 5.41) is 13.2. The highest BCUT2D eigenvalue weighted by Gasteiger charge is 2.14. The molecule has 0 fully saturated rings. The Bertz CT molecular complexity index is 3270. The Morgan fingerprint density at radius 3 is 1.25 bits per heavy atom. The SMILES string of the molecule is Brc1ccc(-c2nc(-c3ccccc3)no2)cc1.c1ccc(-c2noc(-c3ccc(-n4c5ccccc5c5ccccc54)cc3)n2)cc1.c1ccc2c(c1)[nH]c1ccccc12. The molecule has 0 amide bonds. The Morgan fingerprint density at radius 1 is 0.377 bits per heavy atom. The van der Waals surface area contributed by atoms with Crippen molar-refractivity contribution in [2.24, 2.45) is 0 Å². The summed E-state index contributed by atoms with van der Waals surface area (Å²) in [5.41, 5.74) is 9.60. The van der Waals surface area contributed by atoms with Crippen molar-refractivity contribution >= 4 is 59.5 Å². The van der Waals surface area contributed by atoms with Crippen LogP contribution in [-0.2, 0) is 0 Å². The van der Waals surface area contributed by atoms with Crippen LogP contribution >= 0.6 is 15.9 Å². The molecule has 0 aliphatic carbocycles. The molecule has 8 nitrogen and oxygen atoms in total. The van der Waals surface area contributed by atoms with Crippen molar-refractivity contribution in [1.82, 2.24) is 29.8 Å². The van der Waals surface area contributed by atoms with Crippen LogP contribution < -0.4 is 0 Å². The quantitative estimate of drug-likeness (QED) is 0.185. The van der Waals surface area contributed by atoms with E-state index in [1.54, 1.807) is 0 Å². The molecule has 0 spiro atoms. The number of aromatic nitrogens is 6. The first-order valence-electron chi connectivity index (χ1n) is 19.7. The minimum absolute atomic E-state index is 0.516. The summed E-state index contributed by atoms with van der Waals surface area (Å²) in [6, 6.07) is 69.4. The minimum atomic E-state index is 0.516. The summed E-state index contributed by atoms with van der Waals surface area (Å²) >= 11 is 3.39. The average Bonchev–Trinajstić information content (AvgIpc) is 4.16. The third kappa shape index (κ3) is 7.73. The molecule has 0 aliphatic rings. The van der Waals surface area contributed by atoms with Gasteiger partial charge in [-0.3, -0.25) is 0 Å². The lowest BCUT2D eigenvalue weighted by Crippen LogP contribution is -1.93. The topological polar surface area (TPSA) is 98.6 Å². The number of para-hydroxylation sites is 4. The highest BCUT2D eigenvalue weighted by atomic mass is 79.9. The molecule has 12 aromatic rings. The number of nitrogens with zero attached hydrogens (tertiary/aromatic N) is 5. The van der Waals surface area contributed by atoms with E-state index in [9.17, 15) is 0 Å². The zero-order valence-electron chi connectivity index (χ0n) is 32.6. The Balaban J connectivity index is 0.000000121. The predicted octanol–water partition coefficient (Wildman–Crippen LogP) is 14.0. The molecule has 0 bridgehead atoms. The highest BCUT2D eigenvalue weighted by molar-refractivity contribution is 9.10. The average molecular weight is 856 g/mol. The number of hydrogen-bond donors (Lipinski definition) is 1. The third-order valence-corrected chi connectivity index (χ3v) is 10.9. The van der Waals surface area contributed by atoms with Gasteiger partial charge in [0, 0.05) is 65.0 Å². The molecule has 0 unspecified atom stereocenters. The van der Waals surface area contributed by atoms with E-state index in [0.717, 1.165) is 32.4 Å². The van der Waals surface area contributed by atoms with Crippen LogP contribution in [0.25, 0.3) is 95.0 Å². The van der Waals surface area contributed by atoms with Crippen LogP contribution in [0.15, 0.2) is 220 Å². The van der Waals surface area contributed by atoms with E-state index >= 15 is 0 Å². The lowest BCUT2D eigenvalue weighted by molar-refractivity contribution is 0.432. The molecule has 0 radical (unpaired) electrons. The van der Waals surface area contributed by atoms with E-state index in [1.165, 1.54) is 43.6 Å². The zero-order valence-corrected chi connectivity index (χ0v) is 34.1. The van der Waals surface area contributed by atoms with Gasteiger partial charge in [0.25, 0.3) is 11.8 Å². The molecule has 8 aromatic carbocycles. The Kier molecular flexibility index (Phi) is 10.3. The van der Waals surface area contributed by atoms with Crippen molar-refractivity contribution in [1.29, 1.82) is 0 Å². The van der Waals surface area contributed by atoms with Gasteiger partial charge in [-0.25, -0.2) is 0 Å². The number of halogens is 1. The van der Waals surface area contributed by atoms with Crippen LogP contribution in [0.3, 0.4) is 0 Å². The largest absolute Gasteiger partial charge is 0.355 e. The van der Waals surface area contributed by atoms with Crippen LogP contribution in [0.4, 0.5) is 0 Å². The molecule has 292 valence electrons. The predicted molar refractivity (Wildman–Crippen MR) is 248 cm³/mol. The monoisotopic (exact) mass is 854 g/mol. The van der Waals surface area contributed by atoms with Gasteiger partial charge < -0.3 is 18.6 Å². The van der Waals surface area contributed by atoms with E-state index in [0.29, 0.717) is 23.4 Å². The molecule has 61 heavy (non-hydrogen) atoms. The van der Waals surface area contributed by atoms with Crippen molar-refractivity contribution in [3.05, 3.63) is 211 Å². The summed E-state index contributed by atoms with van der Waals surface area (Å²) in [7, 11) is 0. The molecule has 0 atom stereocenters. The fourth-order valence-electron chi connectivity index (χ4n) is 7.44. The molecular formula is C52H35BrN6O2. The molecule has 12 rings (SSSR count). The first kappa shape index (κ1) is 37.4. The Morgan fingerprint density at radius 2 is 0.770 bits per heavy atom. The molecular weight excluding hydrogens is 821 g/mol. The summed E-state index contributed by atoms with van der Waals surface area (Å²) < 4.78 is 14.1. The van der Waals surface area contributed by atoms with E-state index < -0.39 is 0 Å². The maximum atomic E-state index is 5.51. The number of fused-ring (bicyclic) bond motifs is 6. The smallest absolute Gasteiger partial charge is 0.258 e. The third-order valence-electron chi connectivity index (χ3n) is 10.4. The summed E-state index contributed by atoms with van der Waals surface area (Å²) in [6.07, 6.45) is 0. The Labute approximate surface area is 358 Å². The van der Waals surface area contributed by atoms with Crippen molar-refractivity contribution in [3.8, 4) is 51.4 Å². The van der Waals surface area contributed by atoms with Gasteiger partial charge in [0.05, 0.1) is 11.0 Å². The summed E-state index contributed by atoms with van der Waals surface area (Å²) in [6.45, 7) is 0. The summed E-state index contributed by atoms with van der Waals surface area (Å²) in [5.74, 6) is 2.24. The van der Waals surface area contributed by atoms with E-state index in [1.807, 2.05) is 97.1 Å². The molecule has 0 saturated heterocycles. The summed E-state index contributed by atoms with van der Waals surface area (Å²) in [4.78, 5) is 12.3. The van der Waals surface area contributed by atoms with E-state index in [2.05, 4.69) is 155 Å². The highest BCUT2D eigenvalue weighted by Crippen LogP contribution is 2.33. The number of H-pyrrole nitrogens is 1. The van der Waals surface area contributed by atoms with Crippen LogP contribution in [-0.4, -0.2) is 29.8 Å². The number of hydrogen-bond acceptors (Lipinski definition) is 6. The second-order valence-electron chi connectivity index (χ2n) is 14.2. The van der Waals surface area contributed by atoms with Crippen LogP contribution in [0.5, 0.6) is 0 Å². The standard InChI is InChI=1S/C26H17N3O.C14H9BrN2O.C12H9N/c1-2-8-18(9-3-1)25-27-26(30-28-25)19-14-16-20(17-15-19)29-23-12-6-4-10-21(23)22-11-5-7-13-24(22)29;15-12-8-6-11(7-9-12)14-16-13(17-18-14)10-4-2-1-3-5-10;1-3-7-11-9(5-1)10-6-2-4-8-12(10)13-11/h1-17H;1-9H;1-8,13H. The van der Waals surface area contributed by atoms with Crippen LogP contribution in [0.2, 0.25) is 0 Å². The molecule has 4 aromatic heterocycles. The molecule has 0 saturated carbocycles. The first-order valence-corrected chi connectivity index (χ1v) is 20.5. The second kappa shape index (κ2) is 16.8. The number of aromatic amines is 1. The van der Waals surface area contributed by atoms with Gasteiger partial charge in [-0.2, -0.15) is 9.97 Å². The van der Waals surface area contributed by atoms with Gasteiger partial charge in [0.2, 0.25) is 11.6 Å². The number of benzene rings is 8. The molecule has 9 heteroatoms. The molecule has 0 aliphatic heterocycles. The minimum Gasteiger partial charge on any atom is -0.355 e. The Hall–Kier alpha value is -7.88. The first-order chi connectivity index (χ1) is 30.2. The maximum absolute atomic E-state index is 5.51. The van der Waals surface area contributed by atoms with Gasteiger partial charge in [-0.1, -0.05) is 160 Å². The fraction of sp³-hybridized carbons (Fsp3) is 0. The zero-order chi connectivity index (χ0) is 41.0. The number of rotatable bonds is 5. The van der Waals surface area contributed by atoms with Crippen molar-refractivity contribution < 1.29 is 9.05 Å². The van der Waals surface area contributed by atoms with Crippen LogP contribution in [0, 0.1) is 0 Å².